The topological polar surface area (TPSA) is 15.3 Å². The van der Waals surface area contributed by atoms with Crippen LogP contribution in [0, 0.1) is 5.92 Å². The first-order valence-electron chi connectivity index (χ1n) is 8.07. The smallest absolute Gasteiger partial charge is 0.0223 e. The highest BCUT2D eigenvalue weighted by molar-refractivity contribution is 7.99. The minimum absolute atomic E-state index is 0.745. The molecule has 0 aromatic heterocycles. The molecule has 2 unspecified atom stereocenters. The fourth-order valence-corrected chi connectivity index (χ4v) is 4.94. The Balaban J connectivity index is 1.43. The molecule has 2 atom stereocenters. The zero-order valence-electron chi connectivity index (χ0n) is 12.1. The van der Waals surface area contributed by atoms with Crippen LogP contribution in [-0.2, 0) is 0 Å². The van der Waals surface area contributed by atoms with Crippen molar-refractivity contribution in [3.63, 3.8) is 0 Å². The van der Waals surface area contributed by atoms with Gasteiger partial charge in [0.15, 0.2) is 0 Å². The van der Waals surface area contributed by atoms with Crippen LogP contribution in [-0.4, -0.2) is 42.9 Å². The van der Waals surface area contributed by atoms with Gasteiger partial charge in [-0.2, -0.15) is 0 Å². The SMILES string of the molecule is c1ccc2c(c1)SCC2CN1CCCNC(C2CC2)C1. The Labute approximate surface area is 126 Å². The summed E-state index contributed by atoms with van der Waals surface area (Å²) in [5.74, 6) is 2.99. The van der Waals surface area contributed by atoms with Crippen molar-refractivity contribution >= 4 is 11.8 Å². The van der Waals surface area contributed by atoms with Gasteiger partial charge in [0.2, 0.25) is 0 Å². The van der Waals surface area contributed by atoms with Crippen molar-refractivity contribution in [3.8, 4) is 0 Å². The minimum atomic E-state index is 0.745. The second-order valence-corrected chi connectivity index (χ2v) is 7.62. The predicted octanol–water partition coefficient (Wildman–Crippen LogP) is 2.95. The lowest BCUT2D eigenvalue weighted by Crippen LogP contribution is -2.40. The summed E-state index contributed by atoms with van der Waals surface area (Å²) in [4.78, 5) is 4.25. The second-order valence-electron chi connectivity index (χ2n) is 6.56. The Hall–Kier alpha value is -0.510. The summed E-state index contributed by atoms with van der Waals surface area (Å²) in [6, 6.07) is 9.77. The van der Waals surface area contributed by atoms with Crippen LogP contribution >= 0.6 is 11.8 Å². The molecule has 4 rings (SSSR count). The Morgan fingerprint density at radius 3 is 3.05 bits per heavy atom. The maximum atomic E-state index is 3.77. The number of benzene rings is 1. The van der Waals surface area contributed by atoms with E-state index in [-0.39, 0.29) is 0 Å². The molecule has 2 heterocycles. The first-order valence-corrected chi connectivity index (χ1v) is 9.06. The number of fused-ring (bicyclic) bond motifs is 1. The Morgan fingerprint density at radius 1 is 1.25 bits per heavy atom. The average Bonchev–Trinajstić information content (AvgIpc) is 3.26. The molecule has 3 aliphatic rings. The Bertz CT molecular complexity index is 472. The summed E-state index contributed by atoms with van der Waals surface area (Å²) in [5.41, 5.74) is 1.60. The molecule has 2 aliphatic heterocycles. The molecule has 0 bridgehead atoms. The van der Waals surface area contributed by atoms with Gasteiger partial charge in [0.05, 0.1) is 0 Å². The van der Waals surface area contributed by atoms with Gasteiger partial charge >= 0.3 is 0 Å². The van der Waals surface area contributed by atoms with E-state index in [1.165, 1.54) is 56.1 Å². The van der Waals surface area contributed by atoms with Crippen LogP contribution in [0.4, 0.5) is 0 Å². The van der Waals surface area contributed by atoms with Gasteiger partial charge in [0.25, 0.3) is 0 Å². The van der Waals surface area contributed by atoms with Gasteiger partial charge in [-0.15, -0.1) is 11.8 Å². The zero-order valence-corrected chi connectivity index (χ0v) is 12.9. The number of thioether (sulfide) groups is 1. The Morgan fingerprint density at radius 2 is 2.15 bits per heavy atom. The van der Waals surface area contributed by atoms with Gasteiger partial charge in [-0.3, -0.25) is 0 Å². The first kappa shape index (κ1) is 13.2. The molecule has 20 heavy (non-hydrogen) atoms. The highest BCUT2D eigenvalue weighted by Gasteiger charge is 2.34. The lowest BCUT2D eigenvalue weighted by molar-refractivity contribution is 0.248. The van der Waals surface area contributed by atoms with Crippen molar-refractivity contribution in [1.29, 1.82) is 0 Å². The molecule has 0 radical (unpaired) electrons. The number of nitrogens with zero attached hydrogens (tertiary/aromatic N) is 1. The largest absolute Gasteiger partial charge is 0.312 e. The molecule has 2 nitrogen and oxygen atoms in total. The van der Waals surface area contributed by atoms with E-state index in [4.69, 9.17) is 0 Å². The molecular weight excluding hydrogens is 264 g/mol. The van der Waals surface area contributed by atoms with Crippen LogP contribution in [0.25, 0.3) is 0 Å². The van der Waals surface area contributed by atoms with Crippen LogP contribution in [0.5, 0.6) is 0 Å². The molecule has 0 amide bonds. The van der Waals surface area contributed by atoms with Gasteiger partial charge in [0.1, 0.15) is 0 Å². The van der Waals surface area contributed by atoms with Crippen LogP contribution in [0.2, 0.25) is 0 Å². The third-order valence-electron chi connectivity index (χ3n) is 4.98. The molecule has 108 valence electrons. The molecule has 3 heteroatoms. The number of nitrogens with one attached hydrogen (secondary N) is 1. The summed E-state index contributed by atoms with van der Waals surface area (Å²) in [7, 11) is 0. The van der Waals surface area contributed by atoms with Crippen LogP contribution in [0.1, 0.15) is 30.7 Å². The maximum absolute atomic E-state index is 3.77. The van der Waals surface area contributed by atoms with Crippen molar-refractivity contribution in [3.05, 3.63) is 29.8 Å². The fourth-order valence-electron chi connectivity index (χ4n) is 3.70. The quantitative estimate of drug-likeness (QED) is 0.920. The van der Waals surface area contributed by atoms with Crippen LogP contribution in [0.15, 0.2) is 29.2 Å². The van der Waals surface area contributed by atoms with Crippen LogP contribution < -0.4 is 5.32 Å². The van der Waals surface area contributed by atoms with E-state index < -0.39 is 0 Å². The van der Waals surface area contributed by atoms with E-state index in [0.29, 0.717) is 0 Å². The summed E-state index contributed by atoms with van der Waals surface area (Å²) < 4.78 is 0. The van der Waals surface area contributed by atoms with Crippen LogP contribution in [0.3, 0.4) is 0 Å². The summed E-state index contributed by atoms with van der Waals surface area (Å²) in [5, 5.41) is 3.77. The number of rotatable bonds is 3. The zero-order chi connectivity index (χ0) is 13.4. The third kappa shape index (κ3) is 2.76. The molecule has 0 spiro atoms. The van der Waals surface area contributed by atoms with Gasteiger partial charge < -0.3 is 10.2 Å². The second kappa shape index (κ2) is 5.70. The predicted molar refractivity (Wildman–Crippen MR) is 85.5 cm³/mol. The molecular formula is C17H24N2S. The van der Waals surface area contributed by atoms with Crippen molar-refractivity contribution in [2.45, 2.75) is 36.1 Å². The first-order chi connectivity index (χ1) is 9.90. The summed E-state index contributed by atoms with van der Waals surface area (Å²) in [6.07, 6.45) is 4.21. The summed E-state index contributed by atoms with van der Waals surface area (Å²) in [6.45, 7) is 5.02. The van der Waals surface area contributed by atoms with Gasteiger partial charge in [-0.05, 0) is 49.9 Å². The standard InChI is InChI=1S/C17H24N2S/c1-2-5-17-15(4-1)14(12-20-17)10-19-9-3-8-18-16(11-19)13-6-7-13/h1-2,4-5,13-14,16,18H,3,6-12H2. The van der Waals surface area contributed by atoms with Gasteiger partial charge in [0, 0.05) is 35.7 Å². The molecule has 1 aromatic rings. The van der Waals surface area contributed by atoms with Gasteiger partial charge in [-0.25, -0.2) is 0 Å². The maximum Gasteiger partial charge on any atom is 0.0223 e. The third-order valence-corrected chi connectivity index (χ3v) is 6.23. The monoisotopic (exact) mass is 288 g/mol. The van der Waals surface area contributed by atoms with Crippen molar-refractivity contribution in [2.75, 3.05) is 31.9 Å². The van der Waals surface area contributed by atoms with E-state index in [9.17, 15) is 0 Å². The van der Waals surface area contributed by atoms with Crippen molar-refractivity contribution < 1.29 is 0 Å². The fraction of sp³-hybridized carbons (Fsp3) is 0.647. The normalized spacial score (nSPS) is 31.0. The highest BCUT2D eigenvalue weighted by atomic mass is 32.2. The van der Waals surface area contributed by atoms with Crippen molar-refractivity contribution in [2.24, 2.45) is 5.92 Å². The average molecular weight is 288 g/mol. The lowest BCUT2D eigenvalue weighted by atomic mass is 10.0. The van der Waals surface area contributed by atoms with E-state index >= 15 is 0 Å². The summed E-state index contributed by atoms with van der Waals surface area (Å²) >= 11 is 2.05. The molecule has 1 N–H and O–H groups in total. The Kier molecular flexibility index (Phi) is 3.76. The molecule has 1 aliphatic carbocycles. The molecule has 1 saturated heterocycles. The molecule has 1 aromatic carbocycles. The lowest BCUT2D eigenvalue weighted by Gasteiger charge is -2.27. The number of hydrogen-bond donors (Lipinski definition) is 1. The van der Waals surface area contributed by atoms with E-state index in [1.54, 1.807) is 5.56 Å². The number of hydrogen-bond acceptors (Lipinski definition) is 3. The minimum Gasteiger partial charge on any atom is -0.312 e. The van der Waals surface area contributed by atoms with Gasteiger partial charge in [-0.1, -0.05) is 18.2 Å². The van der Waals surface area contributed by atoms with E-state index in [2.05, 4.69) is 34.5 Å². The molecule has 2 fully saturated rings. The highest BCUT2D eigenvalue weighted by Crippen LogP contribution is 2.40. The van der Waals surface area contributed by atoms with E-state index in [0.717, 1.165) is 17.9 Å². The molecule has 1 saturated carbocycles. The van der Waals surface area contributed by atoms with Crippen molar-refractivity contribution in [1.82, 2.24) is 10.2 Å². The van der Waals surface area contributed by atoms with E-state index in [1.807, 2.05) is 11.8 Å².